The van der Waals surface area contributed by atoms with Crippen LogP contribution in [0, 0.1) is 6.92 Å². The summed E-state index contributed by atoms with van der Waals surface area (Å²) >= 11 is 1.90. The van der Waals surface area contributed by atoms with E-state index in [1.54, 1.807) is 6.92 Å². The number of hydrogen-bond donors (Lipinski definition) is 1. The second-order valence-electron chi connectivity index (χ2n) is 3.68. The molecule has 82 valence electrons. The summed E-state index contributed by atoms with van der Waals surface area (Å²) < 4.78 is 0. The predicted octanol–water partition coefficient (Wildman–Crippen LogP) is 0.691. The van der Waals surface area contributed by atoms with Crippen LogP contribution in [0.4, 0.5) is 0 Å². The van der Waals surface area contributed by atoms with Crippen molar-refractivity contribution < 1.29 is 4.79 Å². The van der Waals surface area contributed by atoms with Gasteiger partial charge in [0.25, 0.3) is 5.91 Å². The normalized spacial score (nSPS) is 21.7. The van der Waals surface area contributed by atoms with E-state index in [1.807, 2.05) is 16.7 Å². The Labute approximate surface area is 92.6 Å². The molecule has 1 N–H and O–H groups in total. The van der Waals surface area contributed by atoms with Crippen molar-refractivity contribution in [1.29, 1.82) is 0 Å². The zero-order valence-corrected chi connectivity index (χ0v) is 9.67. The average Bonchev–Trinajstić information content (AvgIpc) is 2.64. The molecular formula is C9H14N4OS. The molecule has 1 aliphatic heterocycles. The van der Waals surface area contributed by atoms with Crippen molar-refractivity contribution in [3.63, 3.8) is 0 Å². The summed E-state index contributed by atoms with van der Waals surface area (Å²) in [5.41, 5.74) is 0. The Balaban J connectivity index is 2.07. The van der Waals surface area contributed by atoms with Crippen LogP contribution in [-0.4, -0.2) is 50.1 Å². The molecule has 2 heterocycles. The van der Waals surface area contributed by atoms with Gasteiger partial charge in [-0.2, -0.15) is 11.8 Å². The molecule has 1 aliphatic rings. The lowest BCUT2D eigenvalue weighted by Crippen LogP contribution is -2.41. The molecule has 0 radical (unpaired) electrons. The zero-order valence-electron chi connectivity index (χ0n) is 8.86. The maximum absolute atomic E-state index is 11.9. The van der Waals surface area contributed by atoms with Crippen LogP contribution in [0.25, 0.3) is 0 Å². The largest absolute Gasteiger partial charge is 0.334 e. The van der Waals surface area contributed by atoms with Crippen molar-refractivity contribution in [1.82, 2.24) is 20.1 Å². The van der Waals surface area contributed by atoms with Crippen LogP contribution in [-0.2, 0) is 0 Å². The number of rotatable bonds is 1. The molecule has 1 aromatic rings. The van der Waals surface area contributed by atoms with E-state index in [0.29, 0.717) is 11.1 Å². The Morgan fingerprint density at radius 2 is 2.47 bits per heavy atom. The van der Waals surface area contributed by atoms with Gasteiger partial charge in [0.15, 0.2) is 0 Å². The van der Waals surface area contributed by atoms with Crippen LogP contribution in [0.3, 0.4) is 0 Å². The second kappa shape index (κ2) is 4.22. The quantitative estimate of drug-likeness (QED) is 0.765. The fraction of sp³-hybridized carbons (Fsp3) is 0.667. The van der Waals surface area contributed by atoms with Crippen molar-refractivity contribution in [2.24, 2.45) is 0 Å². The number of hydrogen-bond acceptors (Lipinski definition) is 4. The first kappa shape index (κ1) is 10.5. The highest BCUT2D eigenvalue weighted by atomic mass is 32.2. The molecule has 1 atom stereocenters. The van der Waals surface area contributed by atoms with Crippen molar-refractivity contribution in [3.8, 4) is 0 Å². The van der Waals surface area contributed by atoms with E-state index in [4.69, 9.17) is 0 Å². The number of H-pyrrole nitrogens is 1. The van der Waals surface area contributed by atoms with Crippen molar-refractivity contribution in [2.45, 2.75) is 19.1 Å². The Hall–Kier alpha value is -1.04. The third-order valence-corrected chi connectivity index (χ3v) is 3.45. The summed E-state index contributed by atoms with van der Waals surface area (Å²) in [6.45, 7) is 5.50. The third-order valence-electron chi connectivity index (χ3n) is 2.32. The van der Waals surface area contributed by atoms with Gasteiger partial charge in [-0.05, 0) is 6.92 Å². The summed E-state index contributed by atoms with van der Waals surface area (Å²) in [4.78, 5) is 17.8. The number of carbonyl (C=O) groups excluding carboxylic acids is 1. The number of nitrogens with zero attached hydrogens (tertiary/aromatic N) is 3. The standard InChI is InChI=1S/C9H14N4OS/c1-6-5-13(3-4-15-6)9(14)8-10-7(2)11-12-8/h6H,3-5H2,1-2H3,(H,10,11,12). The van der Waals surface area contributed by atoms with Gasteiger partial charge in [0.05, 0.1) is 0 Å². The van der Waals surface area contributed by atoms with Crippen LogP contribution < -0.4 is 0 Å². The highest BCUT2D eigenvalue weighted by molar-refractivity contribution is 7.99. The zero-order chi connectivity index (χ0) is 10.8. The summed E-state index contributed by atoms with van der Waals surface area (Å²) in [7, 11) is 0. The fourth-order valence-corrected chi connectivity index (χ4v) is 2.60. The first-order chi connectivity index (χ1) is 7.16. The molecule has 1 amide bonds. The maximum Gasteiger partial charge on any atom is 0.293 e. The first-order valence-corrected chi connectivity index (χ1v) is 6.01. The molecule has 2 rings (SSSR count). The molecule has 1 unspecified atom stereocenters. The van der Waals surface area contributed by atoms with Gasteiger partial charge in [-0.15, -0.1) is 5.10 Å². The van der Waals surface area contributed by atoms with Crippen LogP contribution in [0.1, 0.15) is 23.4 Å². The fourth-order valence-electron chi connectivity index (χ4n) is 1.58. The monoisotopic (exact) mass is 226 g/mol. The van der Waals surface area contributed by atoms with Crippen LogP contribution in [0.5, 0.6) is 0 Å². The Morgan fingerprint density at radius 1 is 1.67 bits per heavy atom. The lowest BCUT2D eigenvalue weighted by atomic mass is 10.3. The Kier molecular flexibility index (Phi) is 2.95. The highest BCUT2D eigenvalue weighted by Gasteiger charge is 2.24. The number of amides is 1. The summed E-state index contributed by atoms with van der Waals surface area (Å²) in [6.07, 6.45) is 0. The summed E-state index contributed by atoms with van der Waals surface area (Å²) in [6, 6.07) is 0. The number of carbonyl (C=O) groups is 1. The predicted molar refractivity (Wildman–Crippen MR) is 58.9 cm³/mol. The topological polar surface area (TPSA) is 61.9 Å². The second-order valence-corrected chi connectivity index (χ2v) is 5.22. The van der Waals surface area contributed by atoms with Crippen LogP contribution in [0.15, 0.2) is 0 Å². The van der Waals surface area contributed by atoms with E-state index in [2.05, 4.69) is 22.1 Å². The van der Waals surface area contributed by atoms with Crippen LogP contribution >= 0.6 is 11.8 Å². The van der Waals surface area contributed by atoms with Gasteiger partial charge in [-0.3, -0.25) is 9.89 Å². The van der Waals surface area contributed by atoms with E-state index in [1.165, 1.54) is 0 Å². The Morgan fingerprint density at radius 3 is 3.07 bits per heavy atom. The molecule has 5 nitrogen and oxygen atoms in total. The first-order valence-electron chi connectivity index (χ1n) is 4.96. The smallest absolute Gasteiger partial charge is 0.293 e. The lowest BCUT2D eigenvalue weighted by molar-refractivity contribution is 0.0751. The van der Waals surface area contributed by atoms with Crippen molar-refractivity contribution in [2.75, 3.05) is 18.8 Å². The molecule has 1 aromatic heterocycles. The highest BCUT2D eigenvalue weighted by Crippen LogP contribution is 2.18. The number of aromatic nitrogens is 3. The van der Waals surface area contributed by atoms with Gasteiger partial charge in [0.1, 0.15) is 5.82 Å². The molecule has 0 aliphatic carbocycles. The van der Waals surface area contributed by atoms with E-state index in [9.17, 15) is 4.79 Å². The molecular weight excluding hydrogens is 212 g/mol. The van der Waals surface area contributed by atoms with Gasteiger partial charge in [-0.25, -0.2) is 4.98 Å². The van der Waals surface area contributed by atoms with Crippen molar-refractivity contribution >= 4 is 17.7 Å². The summed E-state index contributed by atoms with van der Waals surface area (Å²) in [5.74, 6) is 1.90. The third kappa shape index (κ3) is 2.31. The molecule has 0 saturated carbocycles. The number of aryl methyl sites for hydroxylation is 1. The van der Waals surface area contributed by atoms with Gasteiger partial charge in [0, 0.05) is 24.1 Å². The molecule has 0 spiro atoms. The average molecular weight is 226 g/mol. The number of thioether (sulfide) groups is 1. The molecule has 0 bridgehead atoms. The van der Waals surface area contributed by atoms with Crippen molar-refractivity contribution in [3.05, 3.63) is 11.6 Å². The van der Waals surface area contributed by atoms with E-state index in [-0.39, 0.29) is 11.7 Å². The molecule has 15 heavy (non-hydrogen) atoms. The van der Waals surface area contributed by atoms with E-state index < -0.39 is 0 Å². The molecule has 0 aromatic carbocycles. The molecule has 6 heteroatoms. The lowest BCUT2D eigenvalue weighted by Gasteiger charge is -2.29. The minimum atomic E-state index is -0.0634. The maximum atomic E-state index is 11.9. The minimum Gasteiger partial charge on any atom is -0.334 e. The van der Waals surface area contributed by atoms with Gasteiger partial charge < -0.3 is 4.90 Å². The van der Waals surface area contributed by atoms with Crippen LogP contribution in [0.2, 0.25) is 0 Å². The minimum absolute atomic E-state index is 0.0634. The number of aromatic amines is 1. The molecule has 1 fully saturated rings. The summed E-state index contributed by atoms with van der Waals surface area (Å²) in [5, 5.41) is 7.07. The Bertz CT molecular complexity index is 365. The van der Waals surface area contributed by atoms with E-state index in [0.717, 1.165) is 18.8 Å². The SMILES string of the molecule is Cc1nc(C(=O)N2CCSC(C)C2)n[nH]1. The van der Waals surface area contributed by atoms with Gasteiger partial charge in [0.2, 0.25) is 5.82 Å². The number of nitrogens with one attached hydrogen (secondary N) is 1. The molecule has 1 saturated heterocycles. The van der Waals surface area contributed by atoms with Gasteiger partial charge >= 0.3 is 0 Å². The van der Waals surface area contributed by atoms with E-state index >= 15 is 0 Å². The van der Waals surface area contributed by atoms with Gasteiger partial charge in [-0.1, -0.05) is 6.92 Å².